The molecule has 0 fully saturated rings. The second kappa shape index (κ2) is 7.51. The lowest BCUT2D eigenvalue weighted by Crippen LogP contribution is -2.28. The highest BCUT2D eigenvalue weighted by Crippen LogP contribution is 2.20. The third kappa shape index (κ3) is 3.45. The highest BCUT2D eigenvalue weighted by atomic mass is 19.1. The van der Waals surface area contributed by atoms with Crippen LogP contribution in [0.1, 0.15) is 11.1 Å². The van der Waals surface area contributed by atoms with E-state index >= 15 is 0 Å². The van der Waals surface area contributed by atoms with Gasteiger partial charge in [0.1, 0.15) is 29.9 Å². The molecule has 0 aliphatic carbocycles. The predicted octanol–water partition coefficient (Wildman–Crippen LogP) is 3.12. The molecule has 0 atom stereocenters. The number of hydrogen-bond acceptors (Lipinski definition) is 4. The maximum absolute atomic E-state index is 13.7. The number of nitrogens with one attached hydrogen (secondary N) is 1. The van der Waals surface area contributed by atoms with Crippen LogP contribution in [0.3, 0.4) is 0 Å². The van der Waals surface area contributed by atoms with Gasteiger partial charge in [-0.3, -0.25) is 14.2 Å². The van der Waals surface area contributed by atoms with E-state index in [-0.39, 0.29) is 17.6 Å². The van der Waals surface area contributed by atoms with Gasteiger partial charge in [-0.15, -0.1) is 0 Å². The molecule has 152 valence electrons. The third-order valence-electron chi connectivity index (χ3n) is 4.88. The fourth-order valence-electron chi connectivity index (χ4n) is 3.14. The van der Waals surface area contributed by atoms with E-state index in [1.54, 1.807) is 4.68 Å². The van der Waals surface area contributed by atoms with Gasteiger partial charge in [-0.05, 0) is 43.2 Å². The Morgan fingerprint density at radius 3 is 2.73 bits per heavy atom. The summed E-state index contributed by atoms with van der Waals surface area (Å²) in [5, 5.41) is 6.86. The van der Waals surface area contributed by atoms with Crippen LogP contribution in [-0.2, 0) is 11.3 Å². The number of benzene rings is 2. The van der Waals surface area contributed by atoms with Crippen molar-refractivity contribution in [3.05, 3.63) is 82.0 Å². The number of aromatic nitrogens is 4. The minimum Gasteiger partial charge on any atom is -0.322 e. The molecule has 30 heavy (non-hydrogen) atoms. The molecule has 0 saturated carbocycles. The van der Waals surface area contributed by atoms with Gasteiger partial charge in [0.05, 0.1) is 17.6 Å². The molecule has 0 aliphatic heterocycles. The number of carbonyl (C=O) groups excluding carboxylic acids is 1. The molecule has 0 radical (unpaired) electrons. The minimum absolute atomic E-state index is 0.175. The normalized spacial score (nSPS) is 11.1. The quantitative estimate of drug-likeness (QED) is 0.562. The van der Waals surface area contributed by atoms with E-state index in [0.717, 1.165) is 33.5 Å². The molecule has 0 saturated heterocycles. The summed E-state index contributed by atoms with van der Waals surface area (Å²) in [5.74, 6) is -2.30. The fraction of sp³-hybridized carbons (Fsp3) is 0.143. The van der Waals surface area contributed by atoms with Crippen LogP contribution >= 0.6 is 0 Å². The number of carbonyl (C=O) groups is 1. The second-order valence-electron chi connectivity index (χ2n) is 6.86. The van der Waals surface area contributed by atoms with Crippen molar-refractivity contribution < 1.29 is 13.6 Å². The van der Waals surface area contributed by atoms with Gasteiger partial charge >= 0.3 is 0 Å². The molecule has 0 aliphatic rings. The maximum atomic E-state index is 13.7. The van der Waals surface area contributed by atoms with Crippen LogP contribution in [0.2, 0.25) is 0 Å². The average Bonchev–Trinajstić information content (AvgIpc) is 3.13. The van der Waals surface area contributed by atoms with E-state index in [1.165, 1.54) is 12.5 Å². The van der Waals surface area contributed by atoms with Gasteiger partial charge in [0, 0.05) is 6.07 Å². The Hall–Kier alpha value is -3.88. The number of amides is 1. The molecule has 4 rings (SSSR count). The van der Waals surface area contributed by atoms with Crippen molar-refractivity contribution in [1.29, 1.82) is 0 Å². The van der Waals surface area contributed by atoms with Gasteiger partial charge in [0.15, 0.2) is 5.65 Å². The molecule has 9 heteroatoms. The molecular weight excluding hydrogens is 392 g/mol. The van der Waals surface area contributed by atoms with Crippen molar-refractivity contribution in [2.75, 3.05) is 5.32 Å². The summed E-state index contributed by atoms with van der Waals surface area (Å²) >= 11 is 0. The number of hydrogen-bond donors (Lipinski definition) is 1. The first kappa shape index (κ1) is 19.4. The van der Waals surface area contributed by atoms with Crippen LogP contribution in [-0.4, -0.2) is 25.2 Å². The highest BCUT2D eigenvalue weighted by molar-refractivity contribution is 5.90. The highest BCUT2D eigenvalue weighted by Gasteiger charge is 2.15. The lowest BCUT2D eigenvalue weighted by Gasteiger charge is -2.10. The summed E-state index contributed by atoms with van der Waals surface area (Å²) in [6, 6.07) is 8.56. The average molecular weight is 409 g/mol. The Bertz CT molecular complexity index is 1340. The van der Waals surface area contributed by atoms with E-state index in [4.69, 9.17) is 0 Å². The molecule has 4 aromatic rings. The smallest absolute Gasteiger partial charge is 0.264 e. The van der Waals surface area contributed by atoms with Crippen LogP contribution < -0.4 is 10.9 Å². The summed E-state index contributed by atoms with van der Waals surface area (Å²) in [7, 11) is 0. The van der Waals surface area contributed by atoms with Crippen LogP contribution in [0, 0.1) is 25.5 Å². The molecule has 2 aromatic carbocycles. The Balaban J connectivity index is 1.64. The summed E-state index contributed by atoms with van der Waals surface area (Å²) in [6.07, 6.45) is 2.65. The Morgan fingerprint density at radius 2 is 1.97 bits per heavy atom. The zero-order chi connectivity index (χ0) is 21.4. The van der Waals surface area contributed by atoms with E-state index in [0.29, 0.717) is 11.7 Å². The first-order chi connectivity index (χ1) is 14.3. The van der Waals surface area contributed by atoms with Crippen LogP contribution in [0.25, 0.3) is 16.7 Å². The van der Waals surface area contributed by atoms with E-state index in [1.807, 2.05) is 32.0 Å². The number of anilines is 1. The van der Waals surface area contributed by atoms with E-state index in [2.05, 4.69) is 15.4 Å². The SMILES string of the molecule is Cc1cccc(-n2ncc3c(=O)n(CC(=O)Nc4ccc(F)cc4F)cnc32)c1C. The number of rotatable bonds is 4. The Labute approximate surface area is 169 Å². The first-order valence-electron chi connectivity index (χ1n) is 9.10. The standard InChI is InChI=1S/C21H17F2N5O2/c1-12-4-3-5-18(13(12)2)28-20-15(9-25-28)21(30)27(11-24-20)10-19(29)26-17-7-6-14(22)8-16(17)23/h3-9,11H,10H2,1-2H3,(H,26,29). The molecule has 1 N–H and O–H groups in total. The van der Waals surface area contributed by atoms with Gasteiger partial charge in [-0.25, -0.2) is 18.4 Å². The van der Waals surface area contributed by atoms with Crippen molar-refractivity contribution in [3.63, 3.8) is 0 Å². The van der Waals surface area contributed by atoms with E-state index in [9.17, 15) is 18.4 Å². The summed E-state index contributed by atoms with van der Waals surface area (Å²) in [6.45, 7) is 3.55. The van der Waals surface area contributed by atoms with E-state index < -0.39 is 23.1 Å². The largest absolute Gasteiger partial charge is 0.322 e. The van der Waals surface area contributed by atoms with Crippen LogP contribution in [0.15, 0.2) is 53.7 Å². The van der Waals surface area contributed by atoms with Gasteiger partial charge in [-0.1, -0.05) is 12.1 Å². The second-order valence-corrected chi connectivity index (χ2v) is 6.86. The van der Waals surface area contributed by atoms with Crippen molar-refractivity contribution >= 4 is 22.6 Å². The molecule has 2 aromatic heterocycles. The Morgan fingerprint density at radius 1 is 1.17 bits per heavy atom. The third-order valence-corrected chi connectivity index (χ3v) is 4.88. The molecule has 0 unspecified atom stereocenters. The number of nitrogens with zero attached hydrogens (tertiary/aromatic N) is 4. The Kier molecular flexibility index (Phi) is 4.86. The van der Waals surface area contributed by atoms with Gasteiger partial charge < -0.3 is 5.32 Å². The van der Waals surface area contributed by atoms with Crippen molar-refractivity contribution in [2.45, 2.75) is 20.4 Å². The molecule has 2 heterocycles. The van der Waals surface area contributed by atoms with Crippen molar-refractivity contribution in [1.82, 2.24) is 19.3 Å². The monoisotopic (exact) mass is 409 g/mol. The number of halogens is 2. The fourth-order valence-corrected chi connectivity index (χ4v) is 3.14. The summed E-state index contributed by atoms with van der Waals surface area (Å²) in [4.78, 5) is 29.3. The molecular formula is C21H17F2N5O2. The van der Waals surface area contributed by atoms with Crippen molar-refractivity contribution in [3.8, 4) is 5.69 Å². The number of fused-ring (bicyclic) bond motifs is 1. The lowest BCUT2D eigenvalue weighted by atomic mass is 10.1. The zero-order valence-corrected chi connectivity index (χ0v) is 16.2. The molecule has 7 nitrogen and oxygen atoms in total. The first-order valence-corrected chi connectivity index (χ1v) is 9.10. The molecule has 1 amide bonds. The zero-order valence-electron chi connectivity index (χ0n) is 16.2. The predicted molar refractivity (Wildman–Crippen MR) is 108 cm³/mol. The summed E-state index contributed by atoms with van der Waals surface area (Å²) < 4.78 is 29.4. The minimum atomic E-state index is -0.904. The van der Waals surface area contributed by atoms with Crippen LogP contribution in [0.4, 0.5) is 14.5 Å². The number of aryl methyl sites for hydroxylation is 1. The van der Waals surface area contributed by atoms with Crippen LogP contribution in [0.5, 0.6) is 0 Å². The molecule has 0 spiro atoms. The summed E-state index contributed by atoms with van der Waals surface area (Å²) in [5.41, 5.74) is 2.63. The maximum Gasteiger partial charge on any atom is 0.264 e. The van der Waals surface area contributed by atoms with Gasteiger partial charge in [-0.2, -0.15) is 5.10 Å². The van der Waals surface area contributed by atoms with Crippen molar-refractivity contribution in [2.24, 2.45) is 0 Å². The molecule has 0 bridgehead atoms. The topological polar surface area (TPSA) is 81.8 Å². The van der Waals surface area contributed by atoms with Gasteiger partial charge in [0.25, 0.3) is 5.56 Å². The van der Waals surface area contributed by atoms with Gasteiger partial charge in [0.2, 0.25) is 5.91 Å². The lowest BCUT2D eigenvalue weighted by molar-refractivity contribution is -0.116.